The molecule has 1 amide bonds. The summed E-state index contributed by atoms with van der Waals surface area (Å²) in [6.45, 7) is 0.639. The molecule has 14 heavy (non-hydrogen) atoms. The lowest BCUT2D eigenvalue weighted by Gasteiger charge is -2.19. The Labute approximate surface area is 81.5 Å². The van der Waals surface area contributed by atoms with Crippen LogP contribution in [0.3, 0.4) is 0 Å². The maximum absolute atomic E-state index is 11.5. The van der Waals surface area contributed by atoms with Gasteiger partial charge >= 0.3 is 0 Å². The SMILES string of the molecule is COc1c(O)ccc2c1C(=O)NCC2. The van der Waals surface area contributed by atoms with Gasteiger partial charge in [0, 0.05) is 6.54 Å². The van der Waals surface area contributed by atoms with Gasteiger partial charge in [0.25, 0.3) is 5.91 Å². The number of methoxy groups -OCH3 is 1. The van der Waals surface area contributed by atoms with E-state index in [4.69, 9.17) is 4.74 Å². The predicted octanol–water partition coefficient (Wildman–Crippen LogP) is 0.687. The second kappa shape index (κ2) is 3.21. The van der Waals surface area contributed by atoms with E-state index in [0.717, 1.165) is 12.0 Å². The first-order valence-corrected chi connectivity index (χ1v) is 4.41. The van der Waals surface area contributed by atoms with Crippen molar-refractivity contribution in [1.82, 2.24) is 5.32 Å². The molecular weight excluding hydrogens is 182 g/mol. The highest BCUT2D eigenvalue weighted by Gasteiger charge is 2.23. The van der Waals surface area contributed by atoms with Crippen LogP contribution in [0.5, 0.6) is 11.5 Å². The summed E-state index contributed by atoms with van der Waals surface area (Å²) in [6.07, 6.45) is 0.776. The van der Waals surface area contributed by atoms with Crippen LogP contribution >= 0.6 is 0 Å². The van der Waals surface area contributed by atoms with E-state index in [9.17, 15) is 9.90 Å². The van der Waals surface area contributed by atoms with E-state index in [1.54, 1.807) is 12.1 Å². The largest absolute Gasteiger partial charge is 0.504 e. The van der Waals surface area contributed by atoms with Gasteiger partial charge in [0.15, 0.2) is 11.5 Å². The van der Waals surface area contributed by atoms with Crippen molar-refractivity contribution >= 4 is 5.91 Å². The van der Waals surface area contributed by atoms with Crippen LogP contribution in [0, 0.1) is 0 Å². The lowest BCUT2D eigenvalue weighted by atomic mass is 9.99. The average molecular weight is 193 g/mol. The lowest BCUT2D eigenvalue weighted by Crippen LogP contribution is -2.32. The third-order valence-electron chi connectivity index (χ3n) is 2.33. The first-order valence-electron chi connectivity index (χ1n) is 4.41. The Hall–Kier alpha value is -1.71. The third kappa shape index (κ3) is 1.19. The number of carbonyl (C=O) groups excluding carboxylic acids is 1. The summed E-state index contributed by atoms with van der Waals surface area (Å²) in [5.41, 5.74) is 1.38. The third-order valence-corrected chi connectivity index (χ3v) is 2.33. The first kappa shape index (κ1) is 8.87. The van der Waals surface area contributed by atoms with Crippen LogP contribution in [0.15, 0.2) is 12.1 Å². The van der Waals surface area contributed by atoms with Crippen LogP contribution in [0.25, 0.3) is 0 Å². The van der Waals surface area contributed by atoms with Crippen molar-refractivity contribution in [1.29, 1.82) is 0 Å². The normalized spacial score (nSPS) is 14.5. The summed E-state index contributed by atoms with van der Waals surface area (Å²) in [5.74, 6) is 0.0852. The molecule has 0 atom stereocenters. The number of fused-ring (bicyclic) bond motifs is 1. The van der Waals surface area contributed by atoms with Crippen LogP contribution in [-0.2, 0) is 6.42 Å². The molecule has 0 radical (unpaired) electrons. The van der Waals surface area contributed by atoms with Crippen molar-refractivity contribution in [3.05, 3.63) is 23.3 Å². The van der Waals surface area contributed by atoms with Crippen molar-refractivity contribution in [2.24, 2.45) is 0 Å². The Balaban J connectivity index is 2.63. The molecule has 4 heteroatoms. The van der Waals surface area contributed by atoms with E-state index in [1.807, 2.05) is 0 Å². The monoisotopic (exact) mass is 193 g/mol. The maximum atomic E-state index is 11.5. The van der Waals surface area contributed by atoms with Gasteiger partial charge in [-0.1, -0.05) is 6.07 Å². The number of rotatable bonds is 1. The highest BCUT2D eigenvalue weighted by atomic mass is 16.5. The molecule has 0 saturated carbocycles. The zero-order chi connectivity index (χ0) is 10.1. The highest BCUT2D eigenvalue weighted by Crippen LogP contribution is 2.33. The van der Waals surface area contributed by atoms with E-state index in [0.29, 0.717) is 12.1 Å². The van der Waals surface area contributed by atoms with Crippen LogP contribution < -0.4 is 10.1 Å². The standard InChI is InChI=1S/C10H11NO3/c1-14-9-7(12)3-2-6-4-5-11-10(13)8(6)9/h2-3,12H,4-5H2,1H3,(H,11,13). The molecule has 0 saturated heterocycles. The van der Waals surface area contributed by atoms with Gasteiger partial charge in [0.1, 0.15) is 0 Å². The number of benzene rings is 1. The fourth-order valence-electron chi connectivity index (χ4n) is 1.68. The van der Waals surface area contributed by atoms with Gasteiger partial charge in [-0.25, -0.2) is 0 Å². The number of hydrogen-bond acceptors (Lipinski definition) is 3. The number of carbonyl (C=O) groups is 1. The van der Waals surface area contributed by atoms with Gasteiger partial charge in [0.05, 0.1) is 12.7 Å². The lowest BCUT2D eigenvalue weighted by molar-refractivity contribution is 0.0942. The van der Waals surface area contributed by atoms with Crippen molar-refractivity contribution in [3.8, 4) is 11.5 Å². The summed E-state index contributed by atoms with van der Waals surface area (Å²) in [4.78, 5) is 11.5. The fraction of sp³-hybridized carbons (Fsp3) is 0.300. The van der Waals surface area contributed by atoms with Gasteiger partial charge < -0.3 is 15.2 Å². The van der Waals surface area contributed by atoms with Crippen molar-refractivity contribution in [2.45, 2.75) is 6.42 Å². The molecule has 2 rings (SSSR count). The number of amides is 1. The van der Waals surface area contributed by atoms with Crippen LogP contribution in [0.4, 0.5) is 0 Å². The maximum Gasteiger partial charge on any atom is 0.255 e. The summed E-state index contributed by atoms with van der Waals surface area (Å²) in [7, 11) is 1.44. The quantitative estimate of drug-likeness (QED) is 0.689. The van der Waals surface area contributed by atoms with Crippen LogP contribution in [-0.4, -0.2) is 24.7 Å². The molecule has 0 aromatic heterocycles. The minimum Gasteiger partial charge on any atom is -0.504 e. The summed E-state index contributed by atoms with van der Waals surface area (Å²) in [5, 5.41) is 12.2. The zero-order valence-electron chi connectivity index (χ0n) is 7.83. The van der Waals surface area contributed by atoms with Crippen molar-refractivity contribution < 1.29 is 14.6 Å². The average Bonchev–Trinajstić information content (AvgIpc) is 2.19. The molecule has 0 fully saturated rings. The summed E-state index contributed by atoms with van der Waals surface area (Å²) >= 11 is 0. The Kier molecular flexibility index (Phi) is 2.04. The fourth-order valence-corrected chi connectivity index (χ4v) is 1.68. The van der Waals surface area contributed by atoms with Gasteiger partial charge in [-0.2, -0.15) is 0 Å². The summed E-state index contributed by atoms with van der Waals surface area (Å²) < 4.78 is 5.00. The minimum absolute atomic E-state index is 0.00306. The minimum atomic E-state index is -0.181. The number of phenolic OH excluding ortho intramolecular Hbond substituents is 1. The summed E-state index contributed by atoms with van der Waals surface area (Å²) in [6, 6.07) is 3.31. The molecule has 74 valence electrons. The molecule has 0 bridgehead atoms. The number of hydrogen-bond donors (Lipinski definition) is 2. The van der Waals surface area contributed by atoms with Gasteiger partial charge in [0.2, 0.25) is 0 Å². The molecular formula is C10H11NO3. The van der Waals surface area contributed by atoms with Gasteiger partial charge in [-0.05, 0) is 18.1 Å². The van der Waals surface area contributed by atoms with E-state index < -0.39 is 0 Å². The topological polar surface area (TPSA) is 58.6 Å². The molecule has 0 spiro atoms. The molecule has 1 aliphatic heterocycles. The zero-order valence-corrected chi connectivity index (χ0v) is 7.83. The molecule has 1 aliphatic rings. The first-order chi connectivity index (χ1) is 6.74. The van der Waals surface area contributed by atoms with Crippen molar-refractivity contribution in [2.75, 3.05) is 13.7 Å². The second-order valence-corrected chi connectivity index (χ2v) is 3.16. The molecule has 0 unspecified atom stereocenters. The van der Waals surface area contributed by atoms with E-state index in [-0.39, 0.29) is 17.4 Å². The van der Waals surface area contributed by atoms with Crippen molar-refractivity contribution in [3.63, 3.8) is 0 Å². The molecule has 0 aliphatic carbocycles. The molecule has 2 N–H and O–H groups in total. The number of aromatic hydroxyl groups is 1. The van der Waals surface area contributed by atoms with Gasteiger partial charge in [-0.3, -0.25) is 4.79 Å². The molecule has 4 nitrogen and oxygen atoms in total. The molecule has 1 aromatic carbocycles. The van der Waals surface area contributed by atoms with Crippen LogP contribution in [0.1, 0.15) is 15.9 Å². The Morgan fingerprint density at radius 3 is 3.00 bits per heavy atom. The number of phenols is 1. The Morgan fingerprint density at radius 1 is 1.50 bits per heavy atom. The van der Waals surface area contributed by atoms with E-state index >= 15 is 0 Å². The second-order valence-electron chi connectivity index (χ2n) is 3.16. The smallest absolute Gasteiger partial charge is 0.255 e. The Morgan fingerprint density at radius 2 is 2.29 bits per heavy atom. The Bertz CT molecular complexity index is 387. The molecule has 1 aromatic rings. The van der Waals surface area contributed by atoms with Crippen LogP contribution in [0.2, 0.25) is 0 Å². The van der Waals surface area contributed by atoms with E-state index in [2.05, 4.69) is 5.32 Å². The predicted molar refractivity (Wildman–Crippen MR) is 50.7 cm³/mol. The molecule has 1 heterocycles. The highest BCUT2D eigenvalue weighted by molar-refractivity contribution is 6.00. The van der Waals surface area contributed by atoms with E-state index in [1.165, 1.54) is 7.11 Å². The number of nitrogens with one attached hydrogen (secondary N) is 1. The van der Waals surface area contributed by atoms with Gasteiger partial charge in [-0.15, -0.1) is 0 Å². The number of ether oxygens (including phenoxy) is 1.